The Hall–Kier alpha value is -2.06. The SMILES string of the molecule is C(=C\c1ccccc1)/CNCCOc1ccccc1. The van der Waals surface area contributed by atoms with Gasteiger partial charge in [0.25, 0.3) is 0 Å². The Kier molecular flexibility index (Phi) is 5.71. The molecule has 2 nitrogen and oxygen atoms in total. The largest absolute Gasteiger partial charge is 0.492 e. The first kappa shape index (κ1) is 13.4. The van der Waals surface area contributed by atoms with E-state index in [9.17, 15) is 0 Å². The molecular weight excluding hydrogens is 234 g/mol. The number of rotatable bonds is 7. The molecule has 0 aromatic heterocycles. The van der Waals surface area contributed by atoms with Crippen LogP contribution in [0.5, 0.6) is 5.75 Å². The normalized spacial score (nSPS) is 10.7. The summed E-state index contributed by atoms with van der Waals surface area (Å²) in [5, 5.41) is 3.31. The van der Waals surface area contributed by atoms with E-state index >= 15 is 0 Å². The Morgan fingerprint density at radius 2 is 1.58 bits per heavy atom. The lowest BCUT2D eigenvalue weighted by molar-refractivity contribution is 0.316. The Morgan fingerprint density at radius 3 is 2.32 bits per heavy atom. The van der Waals surface area contributed by atoms with E-state index in [1.165, 1.54) is 5.56 Å². The van der Waals surface area contributed by atoms with E-state index in [1.54, 1.807) is 0 Å². The third-order valence-electron chi connectivity index (χ3n) is 2.66. The molecule has 98 valence electrons. The summed E-state index contributed by atoms with van der Waals surface area (Å²) in [7, 11) is 0. The second-order valence-corrected chi connectivity index (χ2v) is 4.18. The number of ether oxygens (including phenoxy) is 1. The lowest BCUT2D eigenvalue weighted by Crippen LogP contribution is -2.20. The van der Waals surface area contributed by atoms with Crippen LogP contribution in [0.15, 0.2) is 66.7 Å². The zero-order valence-corrected chi connectivity index (χ0v) is 11.0. The van der Waals surface area contributed by atoms with Gasteiger partial charge < -0.3 is 10.1 Å². The quantitative estimate of drug-likeness (QED) is 0.764. The Labute approximate surface area is 114 Å². The number of nitrogens with one attached hydrogen (secondary N) is 1. The van der Waals surface area contributed by atoms with Crippen LogP contribution in [-0.2, 0) is 0 Å². The molecule has 0 saturated heterocycles. The number of hydrogen-bond acceptors (Lipinski definition) is 2. The Bertz CT molecular complexity index is 479. The first-order valence-electron chi connectivity index (χ1n) is 6.55. The maximum atomic E-state index is 5.58. The predicted molar refractivity (Wildman–Crippen MR) is 80.3 cm³/mol. The van der Waals surface area contributed by atoms with Crippen LogP contribution in [0.4, 0.5) is 0 Å². The van der Waals surface area contributed by atoms with Crippen molar-refractivity contribution in [2.45, 2.75) is 0 Å². The van der Waals surface area contributed by atoms with Gasteiger partial charge in [0.15, 0.2) is 0 Å². The Morgan fingerprint density at radius 1 is 0.895 bits per heavy atom. The summed E-state index contributed by atoms with van der Waals surface area (Å²) in [6.07, 6.45) is 4.24. The van der Waals surface area contributed by atoms with Crippen molar-refractivity contribution < 1.29 is 4.74 Å². The average Bonchev–Trinajstić information content (AvgIpc) is 2.48. The average molecular weight is 253 g/mol. The lowest BCUT2D eigenvalue weighted by atomic mass is 10.2. The molecule has 2 aromatic rings. The number of benzene rings is 2. The van der Waals surface area contributed by atoms with Gasteiger partial charge in [-0.15, -0.1) is 0 Å². The molecule has 0 fully saturated rings. The summed E-state index contributed by atoms with van der Waals surface area (Å²) >= 11 is 0. The van der Waals surface area contributed by atoms with Gasteiger partial charge in [0.1, 0.15) is 12.4 Å². The van der Waals surface area contributed by atoms with Crippen LogP contribution in [0.2, 0.25) is 0 Å². The van der Waals surface area contributed by atoms with Crippen molar-refractivity contribution in [3.63, 3.8) is 0 Å². The van der Waals surface area contributed by atoms with Gasteiger partial charge >= 0.3 is 0 Å². The van der Waals surface area contributed by atoms with Crippen LogP contribution in [-0.4, -0.2) is 19.7 Å². The van der Waals surface area contributed by atoms with Crippen LogP contribution in [0, 0.1) is 0 Å². The van der Waals surface area contributed by atoms with Gasteiger partial charge in [-0.2, -0.15) is 0 Å². The molecule has 0 spiro atoms. The van der Waals surface area contributed by atoms with E-state index in [4.69, 9.17) is 4.74 Å². The number of hydrogen-bond donors (Lipinski definition) is 1. The first-order valence-corrected chi connectivity index (χ1v) is 6.55. The van der Waals surface area contributed by atoms with Crippen molar-refractivity contribution in [1.29, 1.82) is 0 Å². The minimum Gasteiger partial charge on any atom is -0.492 e. The van der Waals surface area contributed by atoms with Gasteiger partial charge in [0.2, 0.25) is 0 Å². The van der Waals surface area contributed by atoms with Gasteiger partial charge in [-0.25, -0.2) is 0 Å². The minimum atomic E-state index is 0.684. The first-order chi connectivity index (χ1) is 9.45. The highest BCUT2D eigenvalue weighted by Crippen LogP contribution is 2.07. The van der Waals surface area contributed by atoms with Crippen molar-refractivity contribution in [2.75, 3.05) is 19.7 Å². The van der Waals surface area contributed by atoms with Crippen LogP contribution in [0.3, 0.4) is 0 Å². The molecule has 0 radical (unpaired) electrons. The zero-order chi connectivity index (χ0) is 13.2. The van der Waals surface area contributed by atoms with E-state index in [1.807, 2.05) is 48.5 Å². The summed E-state index contributed by atoms with van der Waals surface area (Å²) in [6, 6.07) is 20.2. The Balaban J connectivity index is 1.56. The maximum Gasteiger partial charge on any atom is 0.119 e. The highest BCUT2D eigenvalue weighted by Gasteiger charge is 1.90. The van der Waals surface area contributed by atoms with E-state index in [2.05, 4.69) is 29.6 Å². The third kappa shape index (κ3) is 5.40. The molecule has 0 aliphatic heterocycles. The fourth-order valence-electron chi connectivity index (χ4n) is 1.70. The highest BCUT2D eigenvalue weighted by atomic mass is 16.5. The van der Waals surface area contributed by atoms with Crippen molar-refractivity contribution in [2.24, 2.45) is 0 Å². The van der Waals surface area contributed by atoms with Crippen LogP contribution >= 0.6 is 0 Å². The van der Waals surface area contributed by atoms with Crippen LogP contribution < -0.4 is 10.1 Å². The standard InChI is InChI=1S/C17H19NO/c1-3-8-16(9-4-1)10-7-13-18-14-15-19-17-11-5-2-6-12-17/h1-12,18H,13-15H2/b10-7+. The second-order valence-electron chi connectivity index (χ2n) is 4.18. The predicted octanol–water partition coefficient (Wildman–Crippen LogP) is 3.37. The molecule has 0 amide bonds. The van der Waals surface area contributed by atoms with Crippen LogP contribution in [0.25, 0.3) is 6.08 Å². The van der Waals surface area contributed by atoms with E-state index in [0.717, 1.165) is 18.8 Å². The second kappa shape index (κ2) is 8.11. The third-order valence-corrected chi connectivity index (χ3v) is 2.66. The topological polar surface area (TPSA) is 21.3 Å². The molecule has 2 aromatic carbocycles. The van der Waals surface area contributed by atoms with E-state index in [-0.39, 0.29) is 0 Å². The van der Waals surface area contributed by atoms with Gasteiger partial charge in [0, 0.05) is 13.1 Å². The molecular formula is C17H19NO. The smallest absolute Gasteiger partial charge is 0.119 e. The fraction of sp³-hybridized carbons (Fsp3) is 0.176. The van der Waals surface area contributed by atoms with Crippen molar-refractivity contribution in [1.82, 2.24) is 5.32 Å². The van der Waals surface area contributed by atoms with Gasteiger partial charge in [-0.05, 0) is 17.7 Å². The van der Waals surface area contributed by atoms with E-state index in [0.29, 0.717) is 6.61 Å². The van der Waals surface area contributed by atoms with Gasteiger partial charge in [0.05, 0.1) is 0 Å². The molecule has 0 saturated carbocycles. The summed E-state index contributed by atoms with van der Waals surface area (Å²) in [6.45, 7) is 2.38. The molecule has 0 atom stereocenters. The summed E-state index contributed by atoms with van der Waals surface area (Å²) in [4.78, 5) is 0. The van der Waals surface area contributed by atoms with Gasteiger partial charge in [-0.1, -0.05) is 60.7 Å². The molecule has 0 bridgehead atoms. The van der Waals surface area contributed by atoms with Gasteiger partial charge in [-0.3, -0.25) is 0 Å². The molecule has 0 aliphatic rings. The molecule has 1 N–H and O–H groups in total. The van der Waals surface area contributed by atoms with Crippen molar-refractivity contribution >= 4 is 6.08 Å². The maximum absolute atomic E-state index is 5.58. The molecule has 0 heterocycles. The molecule has 0 aliphatic carbocycles. The zero-order valence-electron chi connectivity index (χ0n) is 11.0. The monoisotopic (exact) mass is 253 g/mol. The summed E-state index contributed by atoms with van der Waals surface area (Å²) in [5.74, 6) is 0.920. The van der Waals surface area contributed by atoms with Crippen LogP contribution in [0.1, 0.15) is 5.56 Å². The van der Waals surface area contributed by atoms with Crippen molar-refractivity contribution in [3.8, 4) is 5.75 Å². The lowest BCUT2D eigenvalue weighted by Gasteiger charge is -2.05. The molecule has 2 rings (SSSR count). The molecule has 19 heavy (non-hydrogen) atoms. The minimum absolute atomic E-state index is 0.684. The molecule has 0 unspecified atom stereocenters. The summed E-state index contributed by atoms with van der Waals surface area (Å²) < 4.78 is 5.58. The number of para-hydroxylation sites is 1. The molecule has 2 heteroatoms. The van der Waals surface area contributed by atoms with Crippen molar-refractivity contribution in [3.05, 3.63) is 72.3 Å². The fourth-order valence-corrected chi connectivity index (χ4v) is 1.70. The summed E-state index contributed by atoms with van der Waals surface area (Å²) in [5.41, 5.74) is 1.23. The van der Waals surface area contributed by atoms with E-state index < -0.39 is 0 Å². The highest BCUT2D eigenvalue weighted by molar-refractivity contribution is 5.48.